The largest absolute Gasteiger partial charge is 0.443 e. The van der Waals surface area contributed by atoms with Crippen LogP contribution in [0.2, 0.25) is 0 Å². The average molecular weight is 1020 g/mol. The van der Waals surface area contributed by atoms with Crippen molar-refractivity contribution in [1.29, 1.82) is 0 Å². The van der Waals surface area contributed by atoms with Crippen LogP contribution in [0.3, 0.4) is 0 Å². The van der Waals surface area contributed by atoms with E-state index in [-0.39, 0.29) is 43.6 Å². The van der Waals surface area contributed by atoms with E-state index in [0.29, 0.717) is 86.0 Å². The van der Waals surface area contributed by atoms with Crippen LogP contribution < -0.4 is 4.90 Å². The molecule has 4 aromatic rings. The van der Waals surface area contributed by atoms with Crippen molar-refractivity contribution in [2.45, 2.75) is 87.9 Å². The molecule has 384 valence electrons. The number of halogens is 7. The molecule has 0 saturated carbocycles. The van der Waals surface area contributed by atoms with Crippen LogP contribution in [0.1, 0.15) is 94.3 Å². The smallest absolute Gasteiger partial charge is 0.416 e. The van der Waals surface area contributed by atoms with E-state index in [1.54, 1.807) is 63.8 Å². The number of ether oxygens (including phenoxy) is 3. The molecule has 1 aromatic heterocycles. The van der Waals surface area contributed by atoms with Crippen molar-refractivity contribution in [3.05, 3.63) is 123 Å². The number of carbonyl (C=O) groups excluding carboxylic acids is 4. The number of likely N-dealkylation sites (tertiary alicyclic amines) is 1. The first-order chi connectivity index (χ1) is 33.3. The van der Waals surface area contributed by atoms with Crippen LogP contribution >= 0.6 is 11.3 Å². The Kier molecular flexibility index (Phi) is 15.7. The number of rotatable bonds is 14. The Bertz CT molecular complexity index is 2540. The number of likely N-dealkylation sites (N-methyl/N-ethyl adjacent to an activating group) is 1. The Balaban J connectivity index is 0.947. The number of piperidine rings is 1. The molecule has 3 aliphatic rings. The van der Waals surface area contributed by atoms with Gasteiger partial charge >= 0.3 is 18.4 Å². The van der Waals surface area contributed by atoms with Crippen LogP contribution in [0, 0.1) is 5.82 Å². The van der Waals surface area contributed by atoms with Crippen LogP contribution in [-0.4, -0.2) is 129 Å². The fourth-order valence-corrected chi connectivity index (χ4v) is 10.5. The number of thiophene rings is 1. The van der Waals surface area contributed by atoms with Gasteiger partial charge in [0.15, 0.2) is 0 Å². The van der Waals surface area contributed by atoms with Gasteiger partial charge in [-0.1, -0.05) is 36.4 Å². The molecule has 2 fully saturated rings. The lowest BCUT2D eigenvalue weighted by Crippen LogP contribution is -2.50. The van der Waals surface area contributed by atoms with E-state index in [9.17, 15) is 49.9 Å². The molecule has 7 rings (SSSR count). The highest BCUT2D eigenvalue weighted by molar-refractivity contribution is 7.18. The fourth-order valence-electron chi connectivity index (χ4n) is 9.58. The summed E-state index contributed by atoms with van der Waals surface area (Å²) < 4.78 is 115. The van der Waals surface area contributed by atoms with Gasteiger partial charge in [0.25, 0.3) is 11.8 Å². The number of hydrogen-bond donors (Lipinski definition) is 0. The molecule has 0 bridgehead atoms. The quantitative estimate of drug-likeness (QED) is 0.115. The van der Waals surface area contributed by atoms with E-state index in [1.165, 1.54) is 40.5 Å². The Morgan fingerprint density at radius 3 is 2.10 bits per heavy atom. The lowest BCUT2D eigenvalue weighted by atomic mass is 9.72. The zero-order valence-corrected chi connectivity index (χ0v) is 41.2. The number of nitrogens with zero attached hydrogens (tertiary/aromatic N) is 5. The Morgan fingerprint density at radius 1 is 0.831 bits per heavy atom. The summed E-state index contributed by atoms with van der Waals surface area (Å²) in [4.78, 5) is 61.2. The first kappa shape index (κ1) is 53.2. The third-order valence-electron chi connectivity index (χ3n) is 13.6. The maximum atomic E-state index is 14.2. The molecule has 12 nitrogen and oxygen atoms in total. The van der Waals surface area contributed by atoms with Crippen molar-refractivity contribution >= 4 is 40.2 Å². The maximum absolute atomic E-state index is 14.2. The van der Waals surface area contributed by atoms with Crippen molar-refractivity contribution in [2.75, 3.05) is 78.6 Å². The van der Waals surface area contributed by atoms with Gasteiger partial charge < -0.3 is 33.8 Å². The summed E-state index contributed by atoms with van der Waals surface area (Å²) in [5.74, 6) is -2.02. The zero-order valence-electron chi connectivity index (χ0n) is 40.4. The van der Waals surface area contributed by atoms with E-state index < -0.39 is 70.2 Å². The van der Waals surface area contributed by atoms with Gasteiger partial charge in [-0.3, -0.25) is 19.3 Å². The number of fused-ring (bicyclic) bond motifs is 2. The van der Waals surface area contributed by atoms with Gasteiger partial charge in [-0.25, -0.2) is 9.18 Å². The molecule has 20 heteroatoms. The van der Waals surface area contributed by atoms with Crippen LogP contribution in [0.25, 0.3) is 0 Å². The van der Waals surface area contributed by atoms with Gasteiger partial charge in [-0.2, -0.15) is 26.3 Å². The molecule has 0 N–H and O–H groups in total. The lowest BCUT2D eigenvalue weighted by molar-refractivity contribution is -0.143. The maximum Gasteiger partial charge on any atom is 0.416 e. The second-order valence-corrected chi connectivity index (χ2v) is 20.6. The number of benzene rings is 3. The van der Waals surface area contributed by atoms with Crippen LogP contribution in [-0.2, 0) is 48.8 Å². The summed E-state index contributed by atoms with van der Waals surface area (Å²) in [5, 5.41) is 0.566. The second kappa shape index (κ2) is 20.9. The Morgan fingerprint density at radius 2 is 1.46 bits per heavy atom. The molecule has 2 aliphatic heterocycles. The predicted octanol–water partition coefficient (Wildman–Crippen LogP) is 9.61. The monoisotopic (exact) mass is 1020 g/mol. The van der Waals surface area contributed by atoms with E-state index in [4.69, 9.17) is 14.2 Å². The lowest BCUT2D eigenvalue weighted by Gasteiger charge is -2.44. The van der Waals surface area contributed by atoms with Gasteiger partial charge in [0.05, 0.1) is 28.7 Å². The number of alkyl halides is 6. The molecule has 3 aromatic carbocycles. The van der Waals surface area contributed by atoms with Crippen molar-refractivity contribution < 1.29 is 64.1 Å². The van der Waals surface area contributed by atoms with Gasteiger partial charge in [-0.05, 0) is 125 Å². The highest BCUT2D eigenvalue weighted by Gasteiger charge is 2.50. The molecule has 2 atom stereocenters. The number of carbonyl (C=O) groups is 4. The molecular weight excluding hydrogens is 960 g/mol. The van der Waals surface area contributed by atoms with Gasteiger partial charge in [-0.15, -0.1) is 11.3 Å². The van der Waals surface area contributed by atoms with Crippen LogP contribution in [0.5, 0.6) is 0 Å². The zero-order chi connectivity index (χ0) is 51.7. The molecule has 1 aliphatic carbocycles. The number of hydrogen-bond acceptors (Lipinski definition) is 9. The third-order valence-corrected chi connectivity index (χ3v) is 14.7. The van der Waals surface area contributed by atoms with Gasteiger partial charge in [0.2, 0.25) is 5.91 Å². The minimum atomic E-state index is -5.14. The van der Waals surface area contributed by atoms with Gasteiger partial charge in [0.1, 0.15) is 35.4 Å². The third kappa shape index (κ3) is 12.2. The number of anilines is 1. The predicted molar refractivity (Wildman–Crippen MR) is 252 cm³/mol. The summed E-state index contributed by atoms with van der Waals surface area (Å²) in [5.41, 5.74) is -3.54. The Hall–Kier alpha value is -5.57. The number of amides is 4. The van der Waals surface area contributed by atoms with Crippen molar-refractivity contribution in [3.8, 4) is 0 Å². The van der Waals surface area contributed by atoms with E-state index in [0.717, 1.165) is 16.0 Å². The molecule has 71 heavy (non-hydrogen) atoms. The molecule has 0 radical (unpaired) electrons. The molecule has 1 spiro atoms. The standard InChI is InChI=1S/C51H58F7N5O7S/c1-47(2,3)70-46(67)61(6)43-17-16-40(71-43)45(66)60(5)22-9-21-59(4)42(64)30-68-41-28-33-10-7-8-11-39(33)48(41)18-23-62(24-19-48)25-20-49(35-12-14-38(52)15-13-35)31-63(32-69-49)44(65)34-26-36(50(53,54)55)29-37(27-34)51(56,57)58/h7-8,10-17,26-27,29,41H,9,18-25,28,30-32H2,1-6H3/t41-,49-/m0/s1. The van der Waals surface area contributed by atoms with E-state index >= 15 is 0 Å². The summed E-state index contributed by atoms with van der Waals surface area (Å²) in [6.07, 6.45) is -8.38. The Labute approximate surface area is 412 Å². The summed E-state index contributed by atoms with van der Waals surface area (Å²) in [6.45, 7) is 6.93. The minimum absolute atomic E-state index is 0.0320. The normalized spacial score (nSPS) is 19.2. The minimum Gasteiger partial charge on any atom is -0.443 e. The fraction of sp³-hybridized carbons (Fsp3) is 0.490. The van der Waals surface area contributed by atoms with E-state index in [1.807, 2.05) is 12.1 Å². The SMILES string of the molecule is CN(CCCN(C)C(=O)c1ccc(N(C)C(=O)OC(C)(C)C)s1)C(=O)CO[C@H]1Cc2ccccc2C12CCN(CC[C@@]1(c3ccc(F)cc3)CN(C(=O)c3cc(C(F)(F)F)cc(C(F)(F)F)c3)CO1)CC2. The molecule has 3 heterocycles. The highest BCUT2D eigenvalue weighted by atomic mass is 32.1. The van der Waals surface area contributed by atoms with Crippen molar-refractivity contribution in [1.82, 2.24) is 19.6 Å². The molecule has 4 amide bonds. The van der Waals surface area contributed by atoms with E-state index in [2.05, 4.69) is 17.0 Å². The molecular formula is C51H58F7N5O7S. The topological polar surface area (TPSA) is 112 Å². The molecule has 0 unspecified atom stereocenters. The molecule has 2 saturated heterocycles. The first-order valence-corrected chi connectivity index (χ1v) is 24.1. The highest BCUT2D eigenvalue weighted by Crippen LogP contribution is 2.48. The van der Waals surface area contributed by atoms with Crippen molar-refractivity contribution in [2.24, 2.45) is 0 Å². The van der Waals surface area contributed by atoms with Crippen LogP contribution in [0.4, 0.5) is 40.5 Å². The second-order valence-electron chi connectivity index (χ2n) is 19.6. The van der Waals surface area contributed by atoms with Crippen molar-refractivity contribution in [3.63, 3.8) is 0 Å². The average Bonchev–Trinajstić information content (AvgIpc) is 4.06. The summed E-state index contributed by atoms with van der Waals surface area (Å²) >= 11 is 1.18. The van der Waals surface area contributed by atoms with Gasteiger partial charge in [0, 0.05) is 51.8 Å². The first-order valence-electron chi connectivity index (χ1n) is 23.3. The summed E-state index contributed by atoms with van der Waals surface area (Å²) in [6, 6.07) is 17.7. The van der Waals surface area contributed by atoms with Crippen LogP contribution in [0.15, 0.2) is 78.9 Å². The summed E-state index contributed by atoms with van der Waals surface area (Å²) in [7, 11) is 4.96.